The molecule has 1 aliphatic carbocycles. The van der Waals surface area contributed by atoms with Crippen LogP contribution in [0.3, 0.4) is 0 Å². The van der Waals surface area contributed by atoms with Crippen molar-refractivity contribution in [2.45, 2.75) is 58.1 Å². The Hall–Kier alpha value is -3.37. The first-order valence-corrected chi connectivity index (χ1v) is 14.3. The molecule has 2 fully saturated rings. The third kappa shape index (κ3) is 8.10. The zero-order valence-corrected chi connectivity index (χ0v) is 24.4. The average molecular weight is 589 g/mol. The number of esters is 2. The Morgan fingerprint density at radius 1 is 1.12 bits per heavy atom. The van der Waals surface area contributed by atoms with E-state index < -0.39 is 30.7 Å². The highest BCUT2D eigenvalue weighted by Gasteiger charge is 2.40. The molecular formula is C30H37ClN2O8. The number of methoxy groups -OCH3 is 1. The molecule has 0 unspecified atom stereocenters. The second-order valence-electron chi connectivity index (χ2n) is 10.5. The van der Waals surface area contributed by atoms with E-state index >= 15 is 0 Å². The number of hydrogen-bond acceptors (Lipinski definition) is 9. The van der Waals surface area contributed by atoms with Crippen LogP contribution in [0.2, 0.25) is 5.02 Å². The minimum Gasteiger partial charge on any atom is -0.493 e. The Balaban J connectivity index is 1.52. The van der Waals surface area contributed by atoms with Crippen LogP contribution in [0, 0.1) is 17.8 Å². The van der Waals surface area contributed by atoms with Gasteiger partial charge in [-0.2, -0.15) is 0 Å². The van der Waals surface area contributed by atoms with Gasteiger partial charge in [0.05, 0.1) is 20.3 Å². The Morgan fingerprint density at radius 3 is 2.54 bits per heavy atom. The Morgan fingerprint density at radius 2 is 1.85 bits per heavy atom. The van der Waals surface area contributed by atoms with E-state index in [0.717, 1.165) is 37.7 Å². The van der Waals surface area contributed by atoms with Gasteiger partial charge in [-0.15, -0.1) is 0 Å². The fraction of sp³-hybridized carbons (Fsp3) is 0.533. The van der Waals surface area contributed by atoms with E-state index in [0.29, 0.717) is 17.5 Å². The van der Waals surface area contributed by atoms with Crippen molar-refractivity contribution < 1.29 is 38.1 Å². The van der Waals surface area contributed by atoms with E-state index in [1.807, 2.05) is 31.2 Å². The molecule has 0 bridgehead atoms. The van der Waals surface area contributed by atoms with Gasteiger partial charge in [0.25, 0.3) is 5.91 Å². The van der Waals surface area contributed by atoms with Crippen molar-refractivity contribution in [3.05, 3.63) is 52.8 Å². The van der Waals surface area contributed by atoms with E-state index in [9.17, 15) is 14.4 Å². The van der Waals surface area contributed by atoms with Crippen molar-refractivity contribution in [2.24, 2.45) is 17.8 Å². The van der Waals surface area contributed by atoms with Gasteiger partial charge < -0.3 is 29.0 Å². The molecule has 1 saturated heterocycles. The monoisotopic (exact) mass is 588 g/mol. The third-order valence-electron chi connectivity index (χ3n) is 7.72. The van der Waals surface area contributed by atoms with Crippen molar-refractivity contribution in [3.8, 4) is 11.5 Å². The first kappa shape index (κ1) is 30.6. The van der Waals surface area contributed by atoms with Gasteiger partial charge in [0, 0.05) is 30.1 Å². The summed E-state index contributed by atoms with van der Waals surface area (Å²) in [5, 5.41) is 3.37. The molecular weight excluding hydrogens is 552 g/mol. The van der Waals surface area contributed by atoms with Gasteiger partial charge in [-0.1, -0.05) is 49.4 Å². The smallest absolute Gasteiger partial charge is 0.331 e. The zero-order valence-electron chi connectivity index (χ0n) is 23.6. The summed E-state index contributed by atoms with van der Waals surface area (Å²) >= 11 is 6.11. The highest BCUT2D eigenvalue weighted by molar-refractivity contribution is 6.30. The van der Waals surface area contributed by atoms with Crippen molar-refractivity contribution in [3.63, 3.8) is 0 Å². The second kappa shape index (κ2) is 14.5. The topological polar surface area (TPSA) is 122 Å². The second-order valence-corrected chi connectivity index (χ2v) is 10.9. The number of hydrogen-bond donors (Lipinski definition) is 1. The number of carbonyl (C=O) groups is 3. The van der Waals surface area contributed by atoms with Crippen molar-refractivity contribution in [1.29, 1.82) is 0 Å². The zero-order chi connectivity index (χ0) is 29.4. The van der Waals surface area contributed by atoms with Crippen LogP contribution in [-0.4, -0.2) is 62.1 Å². The molecule has 1 saturated carbocycles. The summed E-state index contributed by atoms with van der Waals surface area (Å²) in [4.78, 5) is 42.0. The van der Waals surface area contributed by atoms with Gasteiger partial charge in [0.1, 0.15) is 6.10 Å². The van der Waals surface area contributed by atoms with Gasteiger partial charge in [0.15, 0.2) is 23.2 Å². The van der Waals surface area contributed by atoms with Crippen LogP contribution in [0.25, 0.3) is 0 Å². The van der Waals surface area contributed by atoms with E-state index in [4.69, 9.17) is 35.3 Å². The number of cyclic esters (lactones) is 1. The number of halogens is 1. The summed E-state index contributed by atoms with van der Waals surface area (Å²) in [6.07, 6.45) is 6.24. The van der Waals surface area contributed by atoms with Crippen LogP contribution in [0.5, 0.6) is 11.5 Å². The highest BCUT2D eigenvalue weighted by Crippen LogP contribution is 2.40. The number of aromatic nitrogens is 1. The number of carbonyl (C=O) groups excluding carboxylic acids is 3. The normalized spacial score (nSPS) is 23.5. The lowest BCUT2D eigenvalue weighted by molar-refractivity contribution is -0.155. The fourth-order valence-electron chi connectivity index (χ4n) is 5.86. The molecule has 41 heavy (non-hydrogen) atoms. The summed E-state index contributed by atoms with van der Waals surface area (Å²) in [6, 6.07) is 8.22. The summed E-state index contributed by atoms with van der Waals surface area (Å²) < 4.78 is 27.7. The SMILES string of the molecule is COc1ccnc(C(=O)N[C@H]2COC[C@H](Cc3ccc(Cl)cc3)[C@@H](C3CCCC3)[C@H](C)OC2=O)c1OCOC(C)=O. The maximum Gasteiger partial charge on any atom is 0.331 e. The fourth-order valence-corrected chi connectivity index (χ4v) is 5.99. The lowest BCUT2D eigenvalue weighted by Gasteiger charge is -2.35. The van der Waals surface area contributed by atoms with Crippen LogP contribution in [0.1, 0.15) is 55.6 Å². The largest absolute Gasteiger partial charge is 0.493 e. The van der Waals surface area contributed by atoms with Crippen LogP contribution in [0.15, 0.2) is 36.5 Å². The minimum absolute atomic E-state index is 0.0243. The van der Waals surface area contributed by atoms with Gasteiger partial charge in [-0.3, -0.25) is 9.59 Å². The number of ether oxygens (including phenoxy) is 5. The Kier molecular flexibility index (Phi) is 10.8. The maximum atomic E-state index is 13.3. The highest BCUT2D eigenvalue weighted by atomic mass is 35.5. The van der Waals surface area contributed by atoms with Gasteiger partial charge in [-0.05, 0) is 42.9 Å². The first-order valence-electron chi connectivity index (χ1n) is 13.9. The number of rotatable bonds is 9. The molecule has 1 aliphatic heterocycles. The van der Waals surface area contributed by atoms with Crippen molar-refractivity contribution >= 4 is 29.4 Å². The molecule has 1 amide bonds. The number of nitrogens with one attached hydrogen (secondary N) is 1. The predicted octanol–water partition coefficient (Wildman–Crippen LogP) is 4.37. The lowest BCUT2D eigenvalue weighted by atomic mass is 9.75. The molecule has 0 spiro atoms. The Labute approximate surface area is 245 Å². The minimum atomic E-state index is -1.07. The lowest BCUT2D eigenvalue weighted by Crippen LogP contribution is -2.46. The molecule has 222 valence electrons. The molecule has 4 rings (SSSR count). The number of nitrogens with zero attached hydrogens (tertiary/aromatic N) is 1. The predicted molar refractivity (Wildman–Crippen MR) is 150 cm³/mol. The molecule has 4 atom stereocenters. The number of benzene rings is 1. The molecule has 11 heteroatoms. The standard InChI is InChI=1S/C30H37ClN2O8/c1-18-26(21-6-4-5-7-21)22(14-20-8-10-23(31)11-9-20)15-38-16-24(30(36)41-18)33-29(35)27-28(40-17-39-19(2)34)25(37-3)12-13-32-27/h8-13,18,21-22,24,26H,4-7,14-17H2,1-3H3,(H,33,35)/t18-,22-,24-,26+/m0/s1. The maximum absolute atomic E-state index is 13.3. The van der Waals surface area contributed by atoms with Crippen LogP contribution in [0.4, 0.5) is 0 Å². The molecule has 1 aromatic carbocycles. The van der Waals surface area contributed by atoms with E-state index in [-0.39, 0.29) is 41.7 Å². The van der Waals surface area contributed by atoms with Gasteiger partial charge in [0.2, 0.25) is 6.79 Å². The molecule has 0 radical (unpaired) electrons. The van der Waals surface area contributed by atoms with E-state index in [2.05, 4.69) is 10.3 Å². The summed E-state index contributed by atoms with van der Waals surface area (Å²) in [7, 11) is 1.40. The van der Waals surface area contributed by atoms with Gasteiger partial charge in [-0.25, -0.2) is 9.78 Å². The van der Waals surface area contributed by atoms with E-state index in [1.165, 1.54) is 26.3 Å². The number of pyridine rings is 1. The molecule has 1 aromatic heterocycles. The summed E-state index contributed by atoms with van der Waals surface area (Å²) in [5.74, 6) is -1.000. The van der Waals surface area contributed by atoms with Crippen LogP contribution < -0.4 is 14.8 Å². The molecule has 2 heterocycles. The van der Waals surface area contributed by atoms with Crippen molar-refractivity contribution in [1.82, 2.24) is 10.3 Å². The summed E-state index contributed by atoms with van der Waals surface area (Å²) in [6.45, 7) is 3.06. The molecule has 2 aliphatic rings. The average Bonchev–Trinajstić information content (AvgIpc) is 3.48. The number of amides is 1. The quantitative estimate of drug-likeness (QED) is 0.336. The molecule has 1 N–H and O–H groups in total. The Bertz CT molecular complexity index is 1200. The van der Waals surface area contributed by atoms with Crippen LogP contribution in [-0.2, 0) is 30.2 Å². The van der Waals surface area contributed by atoms with Gasteiger partial charge >= 0.3 is 11.9 Å². The third-order valence-corrected chi connectivity index (χ3v) is 7.97. The van der Waals surface area contributed by atoms with Crippen molar-refractivity contribution in [2.75, 3.05) is 27.1 Å². The molecule has 2 aromatic rings. The van der Waals surface area contributed by atoms with E-state index in [1.54, 1.807) is 0 Å². The molecule has 10 nitrogen and oxygen atoms in total. The summed E-state index contributed by atoms with van der Waals surface area (Å²) in [5.41, 5.74) is 1.00. The van der Waals surface area contributed by atoms with Crippen LogP contribution >= 0.6 is 11.6 Å². The first-order chi connectivity index (χ1) is 19.8.